The smallest absolute Gasteiger partial charge is 0.300 e. The van der Waals surface area contributed by atoms with Gasteiger partial charge < -0.3 is 8.98 Å². The molecule has 0 saturated carbocycles. The van der Waals surface area contributed by atoms with Gasteiger partial charge in [-0.15, -0.1) is 0 Å². The van der Waals surface area contributed by atoms with Crippen molar-refractivity contribution in [2.75, 3.05) is 0 Å². The van der Waals surface area contributed by atoms with Crippen LogP contribution in [0.25, 0.3) is 0 Å². The highest BCUT2D eigenvalue weighted by atomic mass is 16.4. The molecule has 0 aliphatic heterocycles. The Morgan fingerprint density at radius 3 is 3.00 bits per heavy atom. The molecular weight excluding hydrogens is 270 g/mol. The molecule has 0 fully saturated rings. The van der Waals surface area contributed by atoms with Gasteiger partial charge in [0.15, 0.2) is 5.76 Å². The van der Waals surface area contributed by atoms with E-state index >= 15 is 0 Å². The number of hydrogen-bond donors (Lipinski definition) is 2. The topological polar surface area (TPSA) is 90.3 Å². The van der Waals surface area contributed by atoms with Gasteiger partial charge in [0, 0.05) is 17.3 Å². The first-order chi connectivity index (χ1) is 10.1. The highest BCUT2D eigenvalue weighted by Gasteiger charge is 2.18. The molecule has 0 unspecified atom stereocenters. The predicted octanol–water partition coefficient (Wildman–Crippen LogP) is 0.890. The highest BCUT2D eigenvalue weighted by molar-refractivity contribution is 5.91. The average molecular weight is 287 g/mol. The molecule has 3 N–H and O–H groups in total. The zero-order valence-electron chi connectivity index (χ0n) is 11.8. The van der Waals surface area contributed by atoms with E-state index in [4.69, 9.17) is 10.3 Å². The molecule has 0 bridgehead atoms. The van der Waals surface area contributed by atoms with Crippen LogP contribution in [0.5, 0.6) is 0 Å². The Labute approximate surface area is 121 Å². The molecule has 0 radical (unpaired) electrons. The van der Waals surface area contributed by atoms with Crippen LogP contribution < -0.4 is 16.8 Å². The number of carbonyl (C=O) groups is 1. The van der Waals surface area contributed by atoms with Gasteiger partial charge in [-0.1, -0.05) is 6.07 Å². The van der Waals surface area contributed by atoms with Crippen LogP contribution in [-0.4, -0.2) is 10.5 Å². The Bertz CT molecular complexity index is 758. The molecular formula is C15H17N3O3. The normalized spacial score (nSPS) is 13.2. The summed E-state index contributed by atoms with van der Waals surface area (Å²) >= 11 is 0. The molecule has 0 aromatic carbocycles. The van der Waals surface area contributed by atoms with E-state index in [1.165, 1.54) is 5.56 Å². The highest BCUT2D eigenvalue weighted by Crippen LogP contribution is 2.22. The molecule has 0 saturated heterocycles. The van der Waals surface area contributed by atoms with E-state index in [-0.39, 0.29) is 11.3 Å². The molecule has 3 rings (SSSR count). The summed E-state index contributed by atoms with van der Waals surface area (Å²) in [5.41, 5.74) is 5.15. The predicted molar refractivity (Wildman–Crippen MR) is 76.9 cm³/mol. The fourth-order valence-corrected chi connectivity index (χ4v) is 2.84. The molecule has 1 aliphatic rings. The number of carbonyl (C=O) groups excluding carboxylic acids is 1. The number of nitrogen functional groups attached to an aromatic ring is 1. The van der Waals surface area contributed by atoms with E-state index in [1.54, 1.807) is 23.6 Å². The summed E-state index contributed by atoms with van der Waals surface area (Å²) in [5.74, 6) is 5.40. The second-order valence-electron chi connectivity index (χ2n) is 5.25. The molecule has 1 amide bonds. The first-order valence-electron chi connectivity index (χ1n) is 6.92. The standard InChI is InChI=1S/C15H17N3O3/c1-9-11(7-13(21-9)15(20)17-16)8-18-12-4-2-3-10(12)5-6-14(18)19/h5-7H,2-4,8,16H2,1H3,(H,17,20). The summed E-state index contributed by atoms with van der Waals surface area (Å²) in [5, 5.41) is 0. The van der Waals surface area contributed by atoms with Crippen LogP contribution >= 0.6 is 0 Å². The minimum absolute atomic E-state index is 0.0268. The zero-order valence-corrected chi connectivity index (χ0v) is 11.8. The van der Waals surface area contributed by atoms with Crippen molar-refractivity contribution in [3.63, 3.8) is 0 Å². The average Bonchev–Trinajstić information content (AvgIpc) is 3.08. The number of hydrogen-bond acceptors (Lipinski definition) is 4. The third-order valence-electron chi connectivity index (χ3n) is 3.95. The second kappa shape index (κ2) is 5.21. The lowest BCUT2D eigenvalue weighted by Crippen LogP contribution is -2.29. The van der Waals surface area contributed by atoms with Crippen molar-refractivity contribution in [3.8, 4) is 0 Å². The Morgan fingerprint density at radius 1 is 1.43 bits per heavy atom. The third kappa shape index (κ3) is 2.38. The van der Waals surface area contributed by atoms with Crippen molar-refractivity contribution in [1.82, 2.24) is 9.99 Å². The van der Waals surface area contributed by atoms with Crippen LogP contribution in [0.4, 0.5) is 0 Å². The molecule has 0 spiro atoms. The number of rotatable bonds is 3. The first-order valence-corrected chi connectivity index (χ1v) is 6.92. The largest absolute Gasteiger partial charge is 0.456 e. The number of amides is 1. The Hall–Kier alpha value is -2.34. The van der Waals surface area contributed by atoms with Crippen molar-refractivity contribution >= 4 is 5.91 Å². The quantitative estimate of drug-likeness (QED) is 0.498. The van der Waals surface area contributed by atoms with Crippen molar-refractivity contribution in [3.05, 3.63) is 56.9 Å². The van der Waals surface area contributed by atoms with E-state index in [0.29, 0.717) is 12.3 Å². The minimum atomic E-state index is -0.477. The maximum atomic E-state index is 12.1. The van der Waals surface area contributed by atoms with Crippen molar-refractivity contribution in [2.45, 2.75) is 32.7 Å². The number of pyridine rings is 1. The molecule has 21 heavy (non-hydrogen) atoms. The summed E-state index contributed by atoms with van der Waals surface area (Å²) in [6, 6.07) is 5.15. The van der Waals surface area contributed by atoms with E-state index < -0.39 is 5.91 Å². The number of furan rings is 1. The molecule has 110 valence electrons. The van der Waals surface area contributed by atoms with Gasteiger partial charge in [-0.2, -0.15) is 0 Å². The summed E-state index contributed by atoms with van der Waals surface area (Å²) in [7, 11) is 0. The van der Waals surface area contributed by atoms with Gasteiger partial charge in [0.05, 0.1) is 6.54 Å². The number of nitrogens with two attached hydrogens (primary N) is 1. The lowest BCUT2D eigenvalue weighted by atomic mass is 10.2. The number of aryl methyl sites for hydroxylation is 2. The molecule has 6 heteroatoms. The maximum Gasteiger partial charge on any atom is 0.300 e. The fraction of sp³-hybridized carbons (Fsp3) is 0.333. The monoisotopic (exact) mass is 287 g/mol. The Balaban J connectivity index is 1.98. The van der Waals surface area contributed by atoms with E-state index in [0.717, 1.165) is 30.5 Å². The molecule has 2 aromatic rings. The van der Waals surface area contributed by atoms with Crippen molar-refractivity contribution < 1.29 is 9.21 Å². The van der Waals surface area contributed by atoms with Crippen LogP contribution in [0.3, 0.4) is 0 Å². The van der Waals surface area contributed by atoms with Crippen LogP contribution in [0, 0.1) is 6.92 Å². The van der Waals surface area contributed by atoms with E-state index in [1.807, 2.05) is 11.5 Å². The lowest BCUT2D eigenvalue weighted by Gasteiger charge is -2.11. The number of hydrazine groups is 1. The molecule has 0 atom stereocenters. The van der Waals surface area contributed by atoms with Gasteiger partial charge in [-0.05, 0) is 37.8 Å². The summed E-state index contributed by atoms with van der Waals surface area (Å²) < 4.78 is 7.16. The van der Waals surface area contributed by atoms with Crippen molar-refractivity contribution in [2.24, 2.45) is 5.84 Å². The van der Waals surface area contributed by atoms with Crippen LogP contribution in [-0.2, 0) is 19.4 Å². The summed E-state index contributed by atoms with van der Waals surface area (Å²) in [6.07, 6.45) is 3.00. The van der Waals surface area contributed by atoms with Crippen LogP contribution in [0.1, 0.15) is 39.6 Å². The fourth-order valence-electron chi connectivity index (χ4n) is 2.84. The molecule has 1 aliphatic carbocycles. The van der Waals surface area contributed by atoms with Crippen LogP contribution in [0.2, 0.25) is 0 Å². The van der Waals surface area contributed by atoms with Gasteiger partial charge in [0.1, 0.15) is 5.76 Å². The van der Waals surface area contributed by atoms with Crippen LogP contribution in [0.15, 0.2) is 27.4 Å². The van der Waals surface area contributed by atoms with Gasteiger partial charge in [-0.25, -0.2) is 5.84 Å². The van der Waals surface area contributed by atoms with Gasteiger partial charge in [0.2, 0.25) is 0 Å². The number of nitrogens with zero attached hydrogens (tertiary/aromatic N) is 1. The molecule has 6 nitrogen and oxygen atoms in total. The second-order valence-corrected chi connectivity index (χ2v) is 5.25. The zero-order chi connectivity index (χ0) is 15.0. The Morgan fingerprint density at radius 2 is 2.24 bits per heavy atom. The lowest BCUT2D eigenvalue weighted by molar-refractivity contribution is 0.0924. The van der Waals surface area contributed by atoms with E-state index in [2.05, 4.69) is 0 Å². The maximum absolute atomic E-state index is 12.1. The summed E-state index contributed by atoms with van der Waals surface area (Å²) in [4.78, 5) is 23.6. The SMILES string of the molecule is Cc1oc(C(=O)NN)cc1Cn1c2c(ccc1=O)CCC2. The van der Waals surface area contributed by atoms with Gasteiger partial charge in [0.25, 0.3) is 5.56 Å². The number of aromatic nitrogens is 1. The minimum Gasteiger partial charge on any atom is -0.456 e. The third-order valence-corrected chi connectivity index (χ3v) is 3.95. The van der Waals surface area contributed by atoms with Gasteiger partial charge in [-0.3, -0.25) is 15.0 Å². The van der Waals surface area contributed by atoms with Gasteiger partial charge >= 0.3 is 5.91 Å². The molecule has 2 heterocycles. The Kier molecular flexibility index (Phi) is 3.39. The molecule has 2 aromatic heterocycles. The van der Waals surface area contributed by atoms with Crippen molar-refractivity contribution in [1.29, 1.82) is 0 Å². The number of nitrogens with one attached hydrogen (secondary N) is 1. The number of fused-ring (bicyclic) bond motifs is 1. The van der Waals surface area contributed by atoms with E-state index in [9.17, 15) is 9.59 Å². The first kappa shape index (κ1) is 13.6. The summed E-state index contributed by atoms with van der Waals surface area (Å²) in [6.45, 7) is 2.19.